The maximum absolute atomic E-state index is 12.3. The minimum Gasteiger partial charge on any atom is -0.444 e. The first-order valence-electron chi connectivity index (χ1n) is 11.6. The standard InChI is InChI=1S/C25H31N7O2/c1-25(2,3)34-24(33)30-19-9-6-5-8-18(19)28-22-15-27-20(14-26)23(31-22)29-17-10-7-11-21-16(17)12-13-32(21)4/h7,10-13,15,18-19H,5-6,8-9H2,1-4H3,(H,30,33)(H2,28,29,31)/t18-,19+/m1/s1. The highest BCUT2D eigenvalue weighted by Gasteiger charge is 2.29. The Labute approximate surface area is 199 Å². The third-order valence-electron chi connectivity index (χ3n) is 5.86. The summed E-state index contributed by atoms with van der Waals surface area (Å²) in [6.45, 7) is 5.54. The van der Waals surface area contributed by atoms with E-state index in [1.165, 1.54) is 0 Å². The van der Waals surface area contributed by atoms with Crippen LogP contribution in [0.25, 0.3) is 10.9 Å². The molecule has 1 aliphatic rings. The number of hydrogen-bond acceptors (Lipinski definition) is 7. The molecular formula is C25H31N7O2. The molecular weight excluding hydrogens is 430 g/mol. The van der Waals surface area contributed by atoms with Gasteiger partial charge in [0.05, 0.1) is 12.2 Å². The molecule has 0 radical (unpaired) electrons. The molecule has 9 heteroatoms. The maximum Gasteiger partial charge on any atom is 0.407 e. The van der Waals surface area contributed by atoms with Gasteiger partial charge in [0.2, 0.25) is 0 Å². The van der Waals surface area contributed by atoms with Crippen LogP contribution in [0.1, 0.15) is 52.1 Å². The number of ether oxygens (including phenoxy) is 1. The van der Waals surface area contributed by atoms with Crippen molar-refractivity contribution in [3.63, 3.8) is 0 Å². The quantitative estimate of drug-likeness (QED) is 0.498. The van der Waals surface area contributed by atoms with E-state index in [-0.39, 0.29) is 17.8 Å². The first kappa shape index (κ1) is 23.4. The van der Waals surface area contributed by atoms with E-state index >= 15 is 0 Å². The van der Waals surface area contributed by atoms with Gasteiger partial charge >= 0.3 is 6.09 Å². The number of nitrogens with one attached hydrogen (secondary N) is 3. The van der Waals surface area contributed by atoms with Crippen molar-refractivity contribution >= 4 is 34.3 Å². The Hall–Kier alpha value is -3.80. The number of nitrogens with zero attached hydrogens (tertiary/aromatic N) is 4. The number of nitriles is 1. The molecule has 1 saturated carbocycles. The predicted molar refractivity (Wildman–Crippen MR) is 132 cm³/mol. The minimum absolute atomic E-state index is 0.0195. The second kappa shape index (κ2) is 9.59. The summed E-state index contributed by atoms with van der Waals surface area (Å²) in [6.07, 6.45) is 6.95. The van der Waals surface area contributed by atoms with Crippen molar-refractivity contribution in [2.45, 2.75) is 64.1 Å². The number of aryl methyl sites for hydroxylation is 1. The second-order valence-corrected chi connectivity index (χ2v) is 9.64. The molecule has 4 rings (SSSR count). The summed E-state index contributed by atoms with van der Waals surface area (Å²) in [4.78, 5) is 21.3. The predicted octanol–water partition coefficient (Wildman–Crippen LogP) is 4.83. The van der Waals surface area contributed by atoms with Gasteiger partial charge in [-0.2, -0.15) is 5.26 Å². The number of carbonyl (C=O) groups excluding carboxylic acids is 1. The molecule has 178 valence electrons. The summed E-state index contributed by atoms with van der Waals surface area (Å²) in [5.74, 6) is 0.931. The van der Waals surface area contributed by atoms with Gasteiger partial charge in [-0.15, -0.1) is 0 Å². The second-order valence-electron chi connectivity index (χ2n) is 9.64. The van der Waals surface area contributed by atoms with Gasteiger partial charge < -0.3 is 25.3 Å². The van der Waals surface area contributed by atoms with Crippen LogP contribution in [0.4, 0.5) is 22.1 Å². The molecule has 0 saturated heterocycles. The Morgan fingerprint density at radius 1 is 1.21 bits per heavy atom. The van der Waals surface area contributed by atoms with Crippen molar-refractivity contribution in [3.8, 4) is 6.07 Å². The Balaban J connectivity index is 1.53. The fourth-order valence-corrected chi connectivity index (χ4v) is 4.29. The molecule has 3 N–H and O–H groups in total. The highest BCUT2D eigenvalue weighted by molar-refractivity contribution is 5.94. The van der Waals surface area contributed by atoms with Gasteiger partial charge in [0, 0.05) is 35.9 Å². The average molecular weight is 462 g/mol. The van der Waals surface area contributed by atoms with E-state index in [9.17, 15) is 10.1 Å². The van der Waals surface area contributed by atoms with Crippen LogP contribution < -0.4 is 16.0 Å². The zero-order valence-corrected chi connectivity index (χ0v) is 20.1. The van der Waals surface area contributed by atoms with Gasteiger partial charge in [-0.05, 0) is 51.8 Å². The van der Waals surface area contributed by atoms with E-state index in [4.69, 9.17) is 4.74 Å². The number of benzene rings is 1. The molecule has 1 aliphatic carbocycles. The van der Waals surface area contributed by atoms with Gasteiger partial charge in [0.1, 0.15) is 17.5 Å². The first-order valence-corrected chi connectivity index (χ1v) is 11.6. The first-order chi connectivity index (χ1) is 16.2. The number of anilines is 3. The Morgan fingerprint density at radius 2 is 1.97 bits per heavy atom. The fraction of sp³-hybridized carbons (Fsp3) is 0.440. The molecule has 3 aromatic rings. The van der Waals surface area contributed by atoms with E-state index < -0.39 is 11.7 Å². The summed E-state index contributed by atoms with van der Waals surface area (Å²) in [5.41, 5.74) is 1.58. The van der Waals surface area contributed by atoms with Crippen molar-refractivity contribution in [2.75, 3.05) is 10.6 Å². The third kappa shape index (κ3) is 5.39. The summed E-state index contributed by atoms with van der Waals surface area (Å²) in [7, 11) is 1.99. The zero-order chi connectivity index (χ0) is 24.3. The fourth-order valence-electron chi connectivity index (χ4n) is 4.29. The number of rotatable bonds is 5. The molecule has 1 aromatic carbocycles. The van der Waals surface area contributed by atoms with Gasteiger partial charge in [-0.3, -0.25) is 0 Å². The molecule has 34 heavy (non-hydrogen) atoms. The van der Waals surface area contributed by atoms with Crippen LogP contribution in [0.2, 0.25) is 0 Å². The van der Waals surface area contributed by atoms with Crippen molar-refractivity contribution < 1.29 is 9.53 Å². The third-order valence-corrected chi connectivity index (χ3v) is 5.86. The number of alkyl carbamates (subject to hydrolysis) is 1. The summed E-state index contributed by atoms with van der Waals surface area (Å²) in [6, 6.07) is 9.98. The van der Waals surface area contributed by atoms with Crippen molar-refractivity contribution in [1.29, 1.82) is 5.26 Å². The molecule has 2 aromatic heterocycles. The van der Waals surface area contributed by atoms with Crippen LogP contribution in [0, 0.1) is 11.3 Å². The normalized spacial score (nSPS) is 18.2. The molecule has 0 spiro atoms. The van der Waals surface area contributed by atoms with E-state index in [0.717, 1.165) is 42.3 Å². The van der Waals surface area contributed by atoms with Gasteiger partial charge in [0.25, 0.3) is 0 Å². The highest BCUT2D eigenvalue weighted by Crippen LogP contribution is 2.28. The topological polar surface area (TPSA) is 117 Å². The van der Waals surface area contributed by atoms with Gasteiger partial charge in [-0.25, -0.2) is 14.8 Å². The maximum atomic E-state index is 12.3. The lowest BCUT2D eigenvalue weighted by atomic mass is 9.90. The number of hydrogen-bond donors (Lipinski definition) is 3. The van der Waals surface area contributed by atoms with Crippen molar-refractivity contribution in [2.24, 2.45) is 7.05 Å². The lowest BCUT2D eigenvalue weighted by Gasteiger charge is -2.33. The molecule has 9 nitrogen and oxygen atoms in total. The van der Waals surface area contributed by atoms with E-state index in [1.807, 2.05) is 62.8 Å². The van der Waals surface area contributed by atoms with E-state index in [1.54, 1.807) is 6.20 Å². The van der Waals surface area contributed by atoms with Crippen molar-refractivity contribution in [1.82, 2.24) is 19.9 Å². The average Bonchev–Trinajstić information content (AvgIpc) is 3.16. The van der Waals surface area contributed by atoms with Crippen molar-refractivity contribution in [3.05, 3.63) is 42.4 Å². The molecule has 2 heterocycles. The summed E-state index contributed by atoms with van der Waals surface area (Å²) >= 11 is 0. The number of fused-ring (bicyclic) bond motifs is 1. The van der Waals surface area contributed by atoms with Crippen LogP contribution in [0.5, 0.6) is 0 Å². The lowest BCUT2D eigenvalue weighted by Crippen LogP contribution is -2.49. The Morgan fingerprint density at radius 3 is 2.71 bits per heavy atom. The van der Waals surface area contributed by atoms with Crippen LogP contribution >= 0.6 is 0 Å². The van der Waals surface area contributed by atoms with Crippen LogP contribution in [0.15, 0.2) is 36.7 Å². The smallest absolute Gasteiger partial charge is 0.407 e. The van der Waals surface area contributed by atoms with E-state index in [2.05, 4.69) is 32.0 Å². The molecule has 2 atom stereocenters. The van der Waals surface area contributed by atoms with Crippen LogP contribution in [-0.4, -0.2) is 38.3 Å². The summed E-state index contributed by atoms with van der Waals surface area (Å²) in [5, 5.41) is 20.3. The molecule has 1 amide bonds. The number of aromatic nitrogens is 3. The molecule has 0 aliphatic heterocycles. The molecule has 0 unspecified atom stereocenters. The Bertz CT molecular complexity index is 1220. The van der Waals surface area contributed by atoms with Crippen LogP contribution in [0.3, 0.4) is 0 Å². The number of amides is 1. The van der Waals surface area contributed by atoms with Gasteiger partial charge in [-0.1, -0.05) is 18.9 Å². The minimum atomic E-state index is -0.553. The Kier molecular flexibility index (Phi) is 6.59. The number of carbonyl (C=O) groups is 1. The summed E-state index contributed by atoms with van der Waals surface area (Å²) < 4.78 is 7.48. The SMILES string of the molecule is Cn1ccc2c(Nc3nc(N[C@@H]4CCCC[C@@H]4NC(=O)OC(C)(C)C)cnc3C#N)cccc21. The lowest BCUT2D eigenvalue weighted by molar-refractivity contribution is 0.0488. The molecule has 0 bridgehead atoms. The monoisotopic (exact) mass is 461 g/mol. The molecule has 1 fully saturated rings. The van der Waals surface area contributed by atoms with Gasteiger partial charge in [0.15, 0.2) is 11.5 Å². The largest absolute Gasteiger partial charge is 0.444 e. The van der Waals surface area contributed by atoms with Crippen LogP contribution in [-0.2, 0) is 11.8 Å². The zero-order valence-electron chi connectivity index (χ0n) is 20.1. The van der Waals surface area contributed by atoms with E-state index in [0.29, 0.717) is 11.6 Å². The highest BCUT2D eigenvalue weighted by atomic mass is 16.6.